The molecule has 0 radical (unpaired) electrons. The van der Waals surface area contributed by atoms with E-state index in [1.165, 1.54) is 12.0 Å². The maximum atomic E-state index is 9.24. The lowest BCUT2D eigenvalue weighted by atomic mass is 9.79. The Morgan fingerprint density at radius 1 is 1.05 bits per heavy atom. The molecule has 21 heavy (non-hydrogen) atoms. The van der Waals surface area contributed by atoms with Crippen LogP contribution in [0.25, 0.3) is 0 Å². The number of benzene rings is 2. The van der Waals surface area contributed by atoms with Crippen molar-refractivity contribution in [2.75, 3.05) is 13.1 Å². The van der Waals surface area contributed by atoms with Crippen molar-refractivity contribution >= 4 is 12.6 Å². The fourth-order valence-corrected chi connectivity index (χ4v) is 3.08. The van der Waals surface area contributed by atoms with Gasteiger partial charge in [0.15, 0.2) is 0 Å². The third-order valence-corrected chi connectivity index (χ3v) is 4.20. The minimum absolute atomic E-state index is 0.561. The van der Waals surface area contributed by atoms with Crippen LogP contribution in [0.1, 0.15) is 23.5 Å². The maximum absolute atomic E-state index is 9.24. The Morgan fingerprint density at radius 3 is 2.62 bits per heavy atom. The average molecular weight is 281 g/mol. The molecular formula is C17H20BNO2. The van der Waals surface area contributed by atoms with Crippen LogP contribution in [-0.2, 0) is 6.54 Å². The smallest absolute Gasteiger partial charge is 0.423 e. The third kappa shape index (κ3) is 3.53. The molecule has 1 unspecified atom stereocenters. The minimum Gasteiger partial charge on any atom is -0.423 e. The second-order valence-corrected chi connectivity index (χ2v) is 5.75. The Hall–Kier alpha value is -1.62. The number of likely N-dealkylation sites (tertiary alicyclic amines) is 1. The molecule has 1 fully saturated rings. The average Bonchev–Trinajstić information content (AvgIpc) is 2.97. The first-order chi connectivity index (χ1) is 10.2. The van der Waals surface area contributed by atoms with Crippen LogP contribution in [-0.4, -0.2) is 35.2 Å². The lowest BCUT2D eigenvalue weighted by Gasteiger charge is -2.17. The molecule has 0 saturated carbocycles. The zero-order chi connectivity index (χ0) is 14.7. The molecule has 2 aromatic rings. The van der Waals surface area contributed by atoms with Crippen molar-refractivity contribution < 1.29 is 10.0 Å². The summed E-state index contributed by atoms with van der Waals surface area (Å²) < 4.78 is 0. The van der Waals surface area contributed by atoms with E-state index in [4.69, 9.17) is 0 Å². The number of hydrogen-bond donors (Lipinski definition) is 2. The first kappa shape index (κ1) is 14.3. The van der Waals surface area contributed by atoms with Crippen LogP contribution in [0.2, 0.25) is 0 Å². The van der Waals surface area contributed by atoms with Crippen molar-refractivity contribution in [1.29, 1.82) is 0 Å². The summed E-state index contributed by atoms with van der Waals surface area (Å²) in [6.07, 6.45) is 1.19. The molecule has 0 bridgehead atoms. The first-order valence-electron chi connectivity index (χ1n) is 7.44. The second kappa shape index (κ2) is 6.44. The van der Waals surface area contributed by atoms with Gasteiger partial charge in [-0.1, -0.05) is 54.6 Å². The topological polar surface area (TPSA) is 43.7 Å². The van der Waals surface area contributed by atoms with E-state index >= 15 is 0 Å². The van der Waals surface area contributed by atoms with Crippen molar-refractivity contribution in [2.24, 2.45) is 0 Å². The molecule has 0 amide bonds. The van der Waals surface area contributed by atoms with Gasteiger partial charge < -0.3 is 10.0 Å². The van der Waals surface area contributed by atoms with Crippen molar-refractivity contribution in [2.45, 2.75) is 18.9 Å². The molecule has 1 aliphatic rings. The molecule has 4 heteroatoms. The maximum Gasteiger partial charge on any atom is 0.488 e. The van der Waals surface area contributed by atoms with Gasteiger partial charge >= 0.3 is 7.12 Å². The molecule has 1 saturated heterocycles. The van der Waals surface area contributed by atoms with E-state index in [1.807, 2.05) is 18.2 Å². The largest absolute Gasteiger partial charge is 0.488 e. The van der Waals surface area contributed by atoms with Gasteiger partial charge in [0.2, 0.25) is 0 Å². The van der Waals surface area contributed by atoms with Gasteiger partial charge in [-0.15, -0.1) is 0 Å². The van der Waals surface area contributed by atoms with Crippen LogP contribution in [0.15, 0.2) is 54.6 Å². The molecule has 108 valence electrons. The van der Waals surface area contributed by atoms with Crippen molar-refractivity contribution in [3.63, 3.8) is 0 Å². The summed E-state index contributed by atoms with van der Waals surface area (Å²) in [4.78, 5) is 2.43. The third-order valence-electron chi connectivity index (χ3n) is 4.20. The van der Waals surface area contributed by atoms with E-state index in [-0.39, 0.29) is 0 Å². The van der Waals surface area contributed by atoms with E-state index in [0.717, 1.165) is 25.2 Å². The Labute approximate surface area is 126 Å². The number of nitrogens with zero attached hydrogens (tertiary/aromatic N) is 1. The lowest BCUT2D eigenvalue weighted by molar-refractivity contribution is 0.327. The van der Waals surface area contributed by atoms with Gasteiger partial charge in [-0.3, -0.25) is 4.90 Å². The molecule has 1 aliphatic heterocycles. The summed E-state index contributed by atoms with van der Waals surface area (Å²) in [6, 6.07) is 18.2. The fraction of sp³-hybridized carbons (Fsp3) is 0.294. The molecule has 1 atom stereocenters. The van der Waals surface area contributed by atoms with Gasteiger partial charge in [0.1, 0.15) is 0 Å². The van der Waals surface area contributed by atoms with Crippen LogP contribution in [0.3, 0.4) is 0 Å². The highest BCUT2D eigenvalue weighted by Gasteiger charge is 2.23. The van der Waals surface area contributed by atoms with Crippen molar-refractivity contribution in [3.05, 3.63) is 65.7 Å². The van der Waals surface area contributed by atoms with E-state index in [9.17, 15) is 10.0 Å². The molecule has 2 aromatic carbocycles. The summed E-state index contributed by atoms with van der Waals surface area (Å²) in [7, 11) is -1.39. The van der Waals surface area contributed by atoms with E-state index in [1.54, 1.807) is 6.07 Å². The van der Waals surface area contributed by atoms with Gasteiger partial charge in [0.25, 0.3) is 0 Å². The molecule has 1 heterocycles. The van der Waals surface area contributed by atoms with Crippen LogP contribution >= 0.6 is 0 Å². The summed E-state index contributed by atoms with van der Waals surface area (Å²) in [5, 5.41) is 18.5. The molecule has 3 nitrogen and oxygen atoms in total. The number of hydrogen-bond acceptors (Lipinski definition) is 3. The summed E-state index contributed by atoms with van der Waals surface area (Å²) >= 11 is 0. The lowest BCUT2D eigenvalue weighted by Crippen LogP contribution is -2.30. The summed E-state index contributed by atoms with van der Waals surface area (Å²) in [5.74, 6) is 0.609. The molecule has 0 spiro atoms. The first-order valence-corrected chi connectivity index (χ1v) is 7.44. The normalized spacial score (nSPS) is 18.9. The molecule has 2 N–H and O–H groups in total. The predicted octanol–water partition coefficient (Wildman–Crippen LogP) is 1.36. The predicted molar refractivity (Wildman–Crippen MR) is 85.3 cm³/mol. The number of rotatable bonds is 4. The van der Waals surface area contributed by atoms with Gasteiger partial charge in [-0.2, -0.15) is 0 Å². The van der Waals surface area contributed by atoms with E-state index < -0.39 is 7.12 Å². The zero-order valence-electron chi connectivity index (χ0n) is 12.0. The zero-order valence-corrected chi connectivity index (χ0v) is 12.0. The Kier molecular flexibility index (Phi) is 4.39. The SMILES string of the molecule is OB(O)c1cccc(CN2CCC(c3ccccc3)C2)c1. The van der Waals surface area contributed by atoms with E-state index in [0.29, 0.717) is 11.4 Å². The van der Waals surface area contributed by atoms with Crippen LogP contribution in [0, 0.1) is 0 Å². The van der Waals surface area contributed by atoms with Gasteiger partial charge in [0, 0.05) is 13.1 Å². The van der Waals surface area contributed by atoms with Gasteiger partial charge in [0.05, 0.1) is 0 Å². The fourth-order valence-electron chi connectivity index (χ4n) is 3.08. The monoisotopic (exact) mass is 281 g/mol. The molecular weight excluding hydrogens is 261 g/mol. The van der Waals surface area contributed by atoms with Crippen molar-refractivity contribution in [1.82, 2.24) is 4.90 Å². The van der Waals surface area contributed by atoms with Crippen LogP contribution in [0.5, 0.6) is 0 Å². The highest BCUT2D eigenvalue weighted by Crippen LogP contribution is 2.27. The quantitative estimate of drug-likeness (QED) is 0.832. The minimum atomic E-state index is -1.39. The van der Waals surface area contributed by atoms with Crippen molar-refractivity contribution in [3.8, 4) is 0 Å². The van der Waals surface area contributed by atoms with Gasteiger partial charge in [-0.25, -0.2) is 0 Å². The molecule has 0 aromatic heterocycles. The van der Waals surface area contributed by atoms with E-state index in [2.05, 4.69) is 35.2 Å². The van der Waals surface area contributed by atoms with Crippen LogP contribution < -0.4 is 5.46 Å². The second-order valence-electron chi connectivity index (χ2n) is 5.75. The Balaban J connectivity index is 1.63. The summed E-state index contributed by atoms with van der Waals surface area (Å²) in [6.45, 7) is 3.02. The molecule has 0 aliphatic carbocycles. The Bertz CT molecular complexity index is 588. The summed E-state index contributed by atoms with van der Waals surface area (Å²) in [5.41, 5.74) is 3.11. The Morgan fingerprint density at radius 2 is 1.86 bits per heavy atom. The highest BCUT2D eigenvalue weighted by atomic mass is 16.4. The van der Waals surface area contributed by atoms with Crippen LogP contribution in [0.4, 0.5) is 0 Å². The standard InChI is InChI=1S/C17H20BNO2/c20-18(21)17-8-4-5-14(11-17)12-19-10-9-16(13-19)15-6-2-1-3-7-15/h1-8,11,16,20-21H,9-10,12-13H2. The molecule has 3 rings (SSSR count). The van der Waals surface area contributed by atoms with Gasteiger partial charge in [-0.05, 0) is 35.5 Å². The highest BCUT2D eigenvalue weighted by molar-refractivity contribution is 6.58.